The Bertz CT molecular complexity index is 1610. The van der Waals surface area contributed by atoms with Crippen LogP contribution in [0, 0.1) is 5.41 Å². The molecule has 4 N–H and O–H groups in total. The Balaban J connectivity index is 1.60. The Morgan fingerprint density at radius 2 is 1.92 bits per heavy atom. The second-order valence-electron chi connectivity index (χ2n) is 8.04. The number of nitrogens with zero attached hydrogens (tertiary/aromatic N) is 2. The molecule has 2 aromatic heterocycles. The number of anilines is 1. The number of rotatable bonds is 10. The summed E-state index contributed by atoms with van der Waals surface area (Å²) in [4.78, 5) is 11.2. The molecule has 0 aliphatic rings. The number of aliphatic carboxylic acids is 1. The molecule has 0 saturated carbocycles. The van der Waals surface area contributed by atoms with E-state index in [1.807, 2.05) is 35.0 Å². The number of hydrogen-bond acceptors (Lipinski definition) is 5. The van der Waals surface area contributed by atoms with E-state index in [-0.39, 0.29) is 23.1 Å². The van der Waals surface area contributed by atoms with Crippen molar-refractivity contribution in [1.82, 2.24) is 4.40 Å². The summed E-state index contributed by atoms with van der Waals surface area (Å²) >= 11 is 6.44. The summed E-state index contributed by atoms with van der Waals surface area (Å²) in [5, 5.41) is 16.9. The van der Waals surface area contributed by atoms with Crippen LogP contribution in [-0.4, -0.2) is 42.0 Å². The van der Waals surface area contributed by atoms with Gasteiger partial charge in [-0.2, -0.15) is 0 Å². The highest BCUT2D eigenvalue weighted by atomic mass is 35.5. The number of nitrogens with one attached hydrogen (secondary N) is 1. The molecular weight excluding hydrogens is 516 g/mol. The lowest BCUT2D eigenvalue weighted by Crippen LogP contribution is -2.35. The van der Waals surface area contributed by atoms with Crippen molar-refractivity contribution in [2.45, 2.75) is 0 Å². The molecule has 0 spiro atoms. The van der Waals surface area contributed by atoms with E-state index in [0.717, 1.165) is 9.82 Å². The minimum absolute atomic E-state index is 0.0914. The molecule has 4 rings (SSSR count). The van der Waals surface area contributed by atoms with Crippen LogP contribution in [0.2, 0.25) is 5.02 Å². The Kier molecular flexibility index (Phi) is 7.51. The normalized spacial score (nSPS) is 11.6. The van der Waals surface area contributed by atoms with Crippen LogP contribution in [0.4, 0.5) is 5.69 Å². The van der Waals surface area contributed by atoms with Crippen LogP contribution < -0.4 is 14.8 Å². The van der Waals surface area contributed by atoms with E-state index in [1.165, 1.54) is 18.2 Å². The summed E-state index contributed by atoms with van der Waals surface area (Å²) in [6.45, 7) is -0.151. The number of nitrogen functional groups attached to an aromatic ring is 1. The number of carboxylic acids is 1. The van der Waals surface area contributed by atoms with Gasteiger partial charge in [0.2, 0.25) is 10.0 Å². The summed E-state index contributed by atoms with van der Waals surface area (Å²) in [5.74, 6) is -1.80. The maximum absolute atomic E-state index is 12.9. The first-order valence-corrected chi connectivity index (χ1v) is 13.0. The van der Waals surface area contributed by atoms with E-state index >= 15 is 0 Å². The van der Waals surface area contributed by atoms with Gasteiger partial charge in [-0.1, -0.05) is 42.0 Å². The molecular formula is C26H23ClN4O5S. The maximum Gasteiger partial charge on any atom is 0.320 e. The molecule has 4 aromatic rings. The van der Waals surface area contributed by atoms with Gasteiger partial charge >= 0.3 is 5.97 Å². The van der Waals surface area contributed by atoms with E-state index in [2.05, 4.69) is 0 Å². The van der Waals surface area contributed by atoms with Gasteiger partial charge in [0.05, 0.1) is 17.3 Å². The summed E-state index contributed by atoms with van der Waals surface area (Å²) in [6.07, 6.45) is 6.98. The largest absolute Gasteiger partial charge is 0.480 e. The zero-order chi connectivity index (χ0) is 26.6. The lowest BCUT2D eigenvalue weighted by atomic mass is 10.1. The zero-order valence-corrected chi connectivity index (χ0v) is 21.0. The fraction of sp³-hybridized carbons (Fsp3) is 0.0769. The third-order valence-electron chi connectivity index (χ3n) is 5.35. The number of benzene rings is 2. The van der Waals surface area contributed by atoms with Crippen LogP contribution in [0.1, 0.15) is 11.1 Å². The van der Waals surface area contributed by atoms with E-state index in [4.69, 9.17) is 32.6 Å². The molecule has 0 aliphatic carbocycles. The lowest BCUT2D eigenvalue weighted by Gasteiger charge is -2.23. The first-order valence-electron chi connectivity index (χ1n) is 11.0. The fourth-order valence-electron chi connectivity index (χ4n) is 3.64. The Morgan fingerprint density at radius 1 is 1.11 bits per heavy atom. The predicted octanol–water partition coefficient (Wildman–Crippen LogP) is 4.60. The first kappa shape index (κ1) is 25.8. The molecule has 37 heavy (non-hydrogen) atoms. The van der Waals surface area contributed by atoms with Crippen molar-refractivity contribution in [2.75, 3.05) is 16.6 Å². The molecule has 11 heteroatoms. The first-order chi connectivity index (χ1) is 17.6. The summed E-state index contributed by atoms with van der Waals surface area (Å²) in [7, 11) is -4.23. The third kappa shape index (κ3) is 6.29. The van der Waals surface area contributed by atoms with Gasteiger partial charge in [-0.05, 0) is 48.0 Å². The molecule has 2 aromatic carbocycles. The van der Waals surface area contributed by atoms with Gasteiger partial charge in [0.1, 0.15) is 17.3 Å². The SMILES string of the molecule is N=C(N)c1cccc(C=CCN(c2ccc(Oc3ccn4cccc4c3)c(Cl)c2)S(=O)(=O)CC(=O)O)c1. The molecule has 0 unspecified atom stereocenters. The molecule has 0 bridgehead atoms. The predicted molar refractivity (Wildman–Crippen MR) is 144 cm³/mol. The average molecular weight is 539 g/mol. The molecule has 0 aliphatic heterocycles. The van der Waals surface area contributed by atoms with E-state index in [1.54, 1.807) is 42.5 Å². The number of pyridine rings is 1. The molecule has 0 atom stereocenters. The average Bonchev–Trinajstić information content (AvgIpc) is 3.30. The molecule has 2 heterocycles. The summed E-state index contributed by atoms with van der Waals surface area (Å²) in [6, 6.07) is 18.7. The second kappa shape index (κ2) is 10.8. The van der Waals surface area contributed by atoms with Crippen molar-refractivity contribution < 1.29 is 23.1 Å². The Morgan fingerprint density at radius 3 is 2.65 bits per heavy atom. The standard InChI is InChI=1S/C26H23ClN4O5S/c27-23-16-21(8-9-24(23)36-22-10-13-30-11-3-7-20(30)15-22)31(37(34,35)17-25(32)33)12-2-5-18-4-1-6-19(14-18)26(28)29/h1-11,13-16H,12,17H2,(H3,28,29)(H,32,33). The van der Waals surface area contributed by atoms with Crippen LogP contribution in [0.5, 0.6) is 11.5 Å². The number of halogens is 1. The van der Waals surface area contributed by atoms with E-state index in [9.17, 15) is 13.2 Å². The number of nitrogens with two attached hydrogens (primary N) is 1. The van der Waals surface area contributed by atoms with E-state index in [0.29, 0.717) is 22.6 Å². The highest BCUT2D eigenvalue weighted by Gasteiger charge is 2.25. The molecule has 0 fully saturated rings. The molecule has 9 nitrogen and oxygen atoms in total. The molecule has 0 radical (unpaired) electrons. The van der Waals surface area contributed by atoms with Gasteiger partial charge in [0.25, 0.3) is 0 Å². The second-order valence-corrected chi connectivity index (χ2v) is 10.3. The summed E-state index contributed by atoms with van der Waals surface area (Å²) in [5.41, 5.74) is 7.86. The topological polar surface area (TPSA) is 138 Å². The number of amidine groups is 1. The van der Waals surface area contributed by atoms with Gasteiger partial charge in [0, 0.05) is 29.5 Å². The number of aromatic nitrogens is 1. The van der Waals surface area contributed by atoms with Crippen LogP contribution in [0.3, 0.4) is 0 Å². The minimum Gasteiger partial charge on any atom is -0.480 e. The quantitative estimate of drug-likeness (QED) is 0.199. The molecule has 0 saturated heterocycles. The lowest BCUT2D eigenvalue weighted by molar-refractivity contribution is -0.134. The number of hydrogen-bond donors (Lipinski definition) is 3. The van der Waals surface area contributed by atoms with Gasteiger partial charge in [-0.25, -0.2) is 8.42 Å². The molecule has 0 amide bonds. The zero-order valence-electron chi connectivity index (χ0n) is 19.4. The Hall–Kier alpha value is -4.28. The maximum atomic E-state index is 12.9. The van der Waals surface area contributed by atoms with Gasteiger partial charge in [-0.3, -0.25) is 14.5 Å². The number of carbonyl (C=O) groups is 1. The van der Waals surface area contributed by atoms with Gasteiger partial charge < -0.3 is 20.0 Å². The van der Waals surface area contributed by atoms with Gasteiger partial charge in [0.15, 0.2) is 5.75 Å². The van der Waals surface area contributed by atoms with Crippen molar-refractivity contribution in [1.29, 1.82) is 5.41 Å². The fourth-order valence-corrected chi connectivity index (χ4v) is 5.07. The number of ether oxygens (including phenoxy) is 1. The summed E-state index contributed by atoms with van der Waals surface area (Å²) < 4.78 is 34.6. The molecule has 190 valence electrons. The number of fused-ring (bicyclic) bond motifs is 1. The number of carboxylic acid groups (broad SMARTS) is 1. The van der Waals surface area contributed by atoms with Crippen LogP contribution in [0.15, 0.2) is 85.2 Å². The van der Waals surface area contributed by atoms with Crippen molar-refractivity contribution in [3.63, 3.8) is 0 Å². The van der Waals surface area contributed by atoms with E-state index < -0.39 is 21.7 Å². The van der Waals surface area contributed by atoms with Crippen molar-refractivity contribution in [3.8, 4) is 11.5 Å². The van der Waals surface area contributed by atoms with Crippen molar-refractivity contribution in [2.24, 2.45) is 5.73 Å². The monoisotopic (exact) mass is 538 g/mol. The van der Waals surface area contributed by atoms with Crippen LogP contribution in [0.25, 0.3) is 11.6 Å². The van der Waals surface area contributed by atoms with Gasteiger partial charge in [-0.15, -0.1) is 0 Å². The highest BCUT2D eigenvalue weighted by molar-refractivity contribution is 7.93. The number of sulfonamides is 1. The smallest absolute Gasteiger partial charge is 0.320 e. The minimum atomic E-state index is -4.23. The Labute approximate surface area is 218 Å². The highest BCUT2D eigenvalue weighted by Crippen LogP contribution is 2.34. The van der Waals surface area contributed by atoms with Crippen LogP contribution >= 0.6 is 11.6 Å². The third-order valence-corrected chi connectivity index (χ3v) is 7.29. The van der Waals surface area contributed by atoms with Crippen molar-refractivity contribution >= 4 is 50.7 Å². The van der Waals surface area contributed by atoms with Crippen molar-refractivity contribution in [3.05, 3.63) is 101 Å². The van der Waals surface area contributed by atoms with Crippen LogP contribution in [-0.2, 0) is 14.8 Å².